The molecular formula is C94H114F4N12O8. The van der Waals surface area contributed by atoms with E-state index >= 15 is 0 Å². The van der Waals surface area contributed by atoms with Crippen LogP contribution in [0.4, 0.5) is 34.6 Å². The van der Waals surface area contributed by atoms with Gasteiger partial charge in [-0.25, -0.2) is 4.39 Å². The molecule has 4 saturated heterocycles. The van der Waals surface area contributed by atoms with Crippen LogP contribution in [-0.2, 0) is 66.9 Å². The first-order valence-electron chi connectivity index (χ1n) is 41.6. The van der Waals surface area contributed by atoms with E-state index in [-0.39, 0.29) is 59.7 Å². The summed E-state index contributed by atoms with van der Waals surface area (Å²) in [6.07, 6.45) is 6.82. The van der Waals surface area contributed by atoms with Gasteiger partial charge < -0.3 is 80.7 Å². The summed E-state index contributed by atoms with van der Waals surface area (Å²) in [6, 6.07) is 59.5. The Balaban J connectivity index is 0.000000137. The van der Waals surface area contributed by atoms with Crippen LogP contribution >= 0.6 is 0 Å². The zero-order valence-electron chi connectivity index (χ0n) is 69.1. The predicted molar refractivity (Wildman–Crippen MR) is 458 cm³/mol. The molecule has 5 unspecified atom stereocenters. The van der Waals surface area contributed by atoms with Crippen LogP contribution in [0, 0.1) is 11.7 Å². The van der Waals surface area contributed by atoms with Crippen molar-refractivity contribution in [3.63, 3.8) is 0 Å². The topological polar surface area (TPSA) is 216 Å². The van der Waals surface area contributed by atoms with E-state index in [0.29, 0.717) is 80.2 Å². The molecule has 0 saturated carbocycles. The lowest BCUT2D eigenvalue weighted by atomic mass is 9.91. The number of aromatic nitrogens is 1. The van der Waals surface area contributed by atoms with Gasteiger partial charge in [-0.05, 0) is 202 Å². The average Bonchev–Trinajstić information content (AvgIpc) is 0.793. The molecule has 7 aliphatic rings. The first kappa shape index (κ1) is 85.8. The fourth-order valence-corrected chi connectivity index (χ4v) is 17.9. The van der Waals surface area contributed by atoms with Crippen LogP contribution in [0.25, 0.3) is 10.9 Å². The Morgan fingerprint density at radius 3 is 1.22 bits per heavy atom. The number of rotatable bonds is 21. The SMILES string of the molecule is COc1cc2c(cc1CNC1CCCN[C@H]1c1ccc(F)cc1)N(C)C(=O)CC2.COc1cc2c(cc1CNC1CCCN[C@H]1c1ccccc1)N(C)C(=O)C(C)C2.COc1cc2c(cc1CNC1CCCN[C@H]1c1ccccc1)N(CC(F)(F)F)C(=O)CC2.COc1cc2ccc(=O)n(C)c2cc1CNC1CCCN[C@H]1c1ccccc1. The van der Waals surface area contributed by atoms with Crippen LogP contribution in [0.5, 0.6) is 23.0 Å². The molecular weight excluding hydrogens is 1500 g/mol. The molecule has 8 aromatic carbocycles. The second-order valence-electron chi connectivity index (χ2n) is 31.9. The highest BCUT2D eigenvalue weighted by molar-refractivity contribution is 5.98. The summed E-state index contributed by atoms with van der Waals surface area (Å²) >= 11 is 0. The number of aryl methyl sites for hydroxylation is 3. The van der Waals surface area contributed by atoms with Crippen LogP contribution in [0.3, 0.4) is 0 Å². The van der Waals surface area contributed by atoms with Gasteiger partial charge in [0, 0.05) is 165 Å². The number of amides is 3. The van der Waals surface area contributed by atoms with Gasteiger partial charge in [0.25, 0.3) is 5.56 Å². The molecule has 16 rings (SSSR count). The summed E-state index contributed by atoms with van der Waals surface area (Å²) in [7, 11) is 12.2. The van der Waals surface area contributed by atoms with Gasteiger partial charge in [0.2, 0.25) is 17.7 Å². The van der Waals surface area contributed by atoms with Crippen molar-refractivity contribution < 1.29 is 50.9 Å². The molecule has 9 atom stereocenters. The molecule has 9 aromatic rings. The highest BCUT2D eigenvalue weighted by Gasteiger charge is 2.38. The fourth-order valence-electron chi connectivity index (χ4n) is 17.9. The maximum Gasteiger partial charge on any atom is 0.406 e. The number of fused-ring (bicyclic) bond motifs is 4. The number of ether oxygens (including phenoxy) is 4. The van der Waals surface area contributed by atoms with Crippen molar-refractivity contribution in [3.8, 4) is 23.0 Å². The molecule has 8 heterocycles. The van der Waals surface area contributed by atoms with E-state index in [1.54, 1.807) is 61.0 Å². The number of alkyl halides is 3. The summed E-state index contributed by atoms with van der Waals surface area (Å²) in [5.41, 5.74) is 15.1. The summed E-state index contributed by atoms with van der Waals surface area (Å²) in [4.78, 5) is 53.2. The van der Waals surface area contributed by atoms with Crippen molar-refractivity contribution in [1.29, 1.82) is 0 Å². The number of hydrogen-bond acceptors (Lipinski definition) is 16. The predicted octanol–water partition coefficient (Wildman–Crippen LogP) is 14.0. The number of piperidine rings is 4. The number of halogens is 4. The number of carbonyl (C=O) groups is 3. The molecule has 1 aromatic heterocycles. The number of benzene rings is 8. The molecule has 118 heavy (non-hydrogen) atoms. The Kier molecular flexibility index (Phi) is 29.2. The van der Waals surface area contributed by atoms with E-state index < -0.39 is 18.6 Å². The zero-order valence-corrected chi connectivity index (χ0v) is 69.1. The summed E-state index contributed by atoms with van der Waals surface area (Å²) in [5, 5.41) is 30.2. The van der Waals surface area contributed by atoms with Gasteiger partial charge in [0.05, 0.1) is 34.0 Å². The second kappa shape index (κ2) is 40.2. The Hall–Kier alpha value is -10.0. The van der Waals surface area contributed by atoms with Crippen LogP contribution in [0.15, 0.2) is 181 Å². The fraction of sp³-hybridized carbons (Fsp3) is 0.426. The van der Waals surface area contributed by atoms with Crippen molar-refractivity contribution in [2.45, 2.75) is 171 Å². The minimum Gasteiger partial charge on any atom is -0.496 e. The third-order valence-electron chi connectivity index (χ3n) is 24.3. The van der Waals surface area contributed by atoms with E-state index in [1.807, 2.05) is 70.5 Å². The maximum absolute atomic E-state index is 13.3. The molecule has 0 aliphatic carbocycles. The molecule has 24 heteroatoms. The van der Waals surface area contributed by atoms with Gasteiger partial charge in [-0.3, -0.25) is 19.2 Å². The minimum absolute atomic E-state index is 0.00259. The number of nitrogens with one attached hydrogen (secondary N) is 8. The summed E-state index contributed by atoms with van der Waals surface area (Å²) in [6.45, 7) is 7.17. The highest BCUT2D eigenvalue weighted by atomic mass is 19.4. The minimum atomic E-state index is -4.46. The second-order valence-corrected chi connectivity index (χ2v) is 31.9. The Morgan fingerprint density at radius 2 is 0.797 bits per heavy atom. The van der Waals surface area contributed by atoms with Crippen LogP contribution in [0.2, 0.25) is 0 Å². The first-order valence-corrected chi connectivity index (χ1v) is 41.6. The highest BCUT2D eigenvalue weighted by Crippen LogP contribution is 2.40. The van der Waals surface area contributed by atoms with E-state index in [9.17, 15) is 36.7 Å². The molecule has 626 valence electrons. The average molecular weight is 1620 g/mol. The largest absolute Gasteiger partial charge is 0.496 e. The lowest BCUT2D eigenvalue weighted by Crippen LogP contribution is -2.45. The van der Waals surface area contributed by atoms with Gasteiger partial charge >= 0.3 is 6.18 Å². The van der Waals surface area contributed by atoms with Crippen molar-refractivity contribution >= 4 is 45.7 Å². The number of methoxy groups -OCH3 is 4. The Morgan fingerprint density at radius 1 is 0.424 bits per heavy atom. The summed E-state index contributed by atoms with van der Waals surface area (Å²) < 4.78 is 76.9. The van der Waals surface area contributed by atoms with Gasteiger partial charge in [0.15, 0.2) is 0 Å². The standard InChI is InChI=1S/C24H28F3N3O2.C24H31N3O2.C23H28FN3O2.C23H27N3O2/c1-32-21-13-17-9-10-22(31)30(15-24(25,26)27)20(17)12-18(21)14-29-19-8-5-11-28-23(19)16-6-3-2-4-7-16;1-16-12-18-14-22(29-3)19(13-21(18)27(2)24(16)28)15-26-20-10-7-11-25-23(20)17-8-5-4-6-9-17;1-27-20-12-17(21(29-2)13-16(20)7-10-22(27)28)14-26-19-4-3-11-25-23(19)15-5-8-18(24)9-6-15;1-26-20-13-18(21(28-2)14-17(20)10-11-22(26)27)15-25-19-9-6-12-24-23(19)16-7-4-3-5-8-16/h2-4,6-7,12-13,19,23,28-29H,5,8-11,14-15H2,1H3;4-6,8-9,13-14,16,20,23,25-26H,7,10-12,15H2,1-3H3;5-6,8-9,12-13,19,23,25-26H,3-4,7,10-11,14H2,1-2H3;3-5,7-8,10-11,13-14,19,23-25H,6,9,12,15H2,1-2H3/t19?,23-;16?,20?,23-;2*19?,23-/m0000/s1. The normalized spacial score (nSPS) is 21.8. The number of pyridine rings is 1. The van der Waals surface area contributed by atoms with Crippen molar-refractivity contribution in [3.05, 3.63) is 253 Å². The van der Waals surface area contributed by atoms with E-state index in [2.05, 4.69) is 146 Å². The maximum atomic E-state index is 13.3. The smallest absolute Gasteiger partial charge is 0.406 e. The molecule has 7 aliphatic heterocycles. The van der Waals surface area contributed by atoms with Gasteiger partial charge in [-0.15, -0.1) is 0 Å². The van der Waals surface area contributed by atoms with Crippen molar-refractivity contribution in [1.82, 2.24) is 47.1 Å². The zero-order chi connectivity index (χ0) is 83.0. The van der Waals surface area contributed by atoms with Crippen molar-refractivity contribution in [2.75, 3.05) is 90.0 Å². The Bertz CT molecular complexity index is 4950. The number of nitrogens with zero attached hydrogens (tertiary/aromatic N) is 4. The first-order chi connectivity index (χ1) is 57.2. The van der Waals surface area contributed by atoms with Crippen molar-refractivity contribution in [2.24, 2.45) is 13.0 Å². The van der Waals surface area contributed by atoms with Crippen LogP contribution in [0.1, 0.15) is 156 Å². The van der Waals surface area contributed by atoms with E-state index in [1.165, 1.54) is 34.4 Å². The molecule has 20 nitrogen and oxygen atoms in total. The molecule has 0 spiro atoms. The molecule has 8 N–H and O–H groups in total. The molecule has 0 radical (unpaired) electrons. The number of hydrogen-bond donors (Lipinski definition) is 8. The van der Waals surface area contributed by atoms with Gasteiger partial charge in [-0.2, -0.15) is 13.2 Å². The molecule has 3 amide bonds. The third-order valence-corrected chi connectivity index (χ3v) is 24.3. The van der Waals surface area contributed by atoms with Gasteiger partial charge in [0.1, 0.15) is 35.4 Å². The Labute approximate surface area is 690 Å². The van der Waals surface area contributed by atoms with Crippen LogP contribution < -0.4 is 81.7 Å². The lowest BCUT2D eigenvalue weighted by molar-refractivity contribution is -0.132. The van der Waals surface area contributed by atoms with E-state index in [0.717, 1.165) is 168 Å². The van der Waals surface area contributed by atoms with E-state index in [4.69, 9.17) is 18.9 Å². The van der Waals surface area contributed by atoms with Gasteiger partial charge in [-0.1, -0.05) is 110 Å². The number of anilines is 3. The third kappa shape index (κ3) is 21.0. The summed E-state index contributed by atoms with van der Waals surface area (Å²) in [5.74, 6) is 2.84. The quantitative estimate of drug-likeness (QED) is 0.0314. The number of carbonyl (C=O) groups excluding carboxylic acids is 3. The lowest BCUT2D eigenvalue weighted by Gasteiger charge is -2.34. The molecule has 0 bridgehead atoms. The monoisotopic (exact) mass is 1610 g/mol. The molecule has 4 fully saturated rings. The van der Waals surface area contributed by atoms with Crippen LogP contribution in [-0.4, -0.2) is 128 Å².